The van der Waals surface area contributed by atoms with Crippen molar-refractivity contribution in [3.8, 4) is 5.75 Å². The van der Waals surface area contributed by atoms with Gasteiger partial charge in [-0.1, -0.05) is 24.3 Å². The Morgan fingerprint density at radius 2 is 1.95 bits per heavy atom. The number of ether oxygens (including phenoxy) is 1. The van der Waals surface area contributed by atoms with Crippen LogP contribution in [0.3, 0.4) is 0 Å². The third kappa shape index (κ3) is 4.56. The van der Waals surface area contributed by atoms with E-state index in [1.807, 2.05) is 7.05 Å². The normalized spacial score (nSPS) is 19.4. The Morgan fingerprint density at radius 1 is 1.25 bits per heavy atom. The number of halogens is 3. The number of nitrogens with zero attached hydrogens (tertiary/aromatic N) is 1. The summed E-state index contributed by atoms with van der Waals surface area (Å²) in [5.41, 5.74) is 0.973. The second kappa shape index (κ2) is 6.31. The molecule has 0 fully saturated rings. The zero-order valence-corrected chi connectivity index (χ0v) is 11.4. The smallest absolute Gasteiger partial charge is 0.406 e. The van der Waals surface area contributed by atoms with E-state index in [-0.39, 0.29) is 5.75 Å². The number of allylic oxidation sites excluding steroid dienone is 1. The molecule has 1 aliphatic rings. The lowest BCUT2D eigenvalue weighted by molar-refractivity contribution is -0.274. The van der Waals surface area contributed by atoms with Gasteiger partial charge in [0.25, 0.3) is 0 Å². The third-order valence-electron chi connectivity index (χ3n) is 3.38. The molecule has 0 bridgehead atoms. The number of rotatable bonds is 4. The summed E-state index contributed by atoms with van der Waals surface area (Å²) >= 11 is 0. The van der Waals surface area contributed by atoms with Crippen molar-refractivity contribution in [2.45, 2.75) is 38.2 Å². The highest BCUT2D eigenvalue weighted by Crippen LogP contribution is 2.23. The molecular formula is C15H18F3NO. The maximum absolute atomic E-state index is 12.1. The van der Waals surface area contributed by atoms with E-state index in [0.29, 0.717) is 12.6 Å². The topological polar surface area (TPSA) is 12.5 Å². The van der Waals surface area contributed by atoms with Gasteiger partial charge >= 0.3 is 6.36 Å². The average Bonchev–Trinajstić information content (AvgIpc) is 2.40. The predicted molar refractivity (Wildman–Crippen MR) is 71.4 cm³/mol. The van der Waals surface area contributed by atoms with Gasteiger partial charge in [0.2, 0.25) is 0 Å². The number of alkyl halides is 3. The summed E-state index contributed by atoms with van der Waals surface area (Å²) < 4.78 is 40.0. The molecule has 0 radical (unpaired) electrons. The fourth-order valence-electron chi connectivity index (χ4n) is 2.36. The second-order valence-corrected chi connectivity index (χ2v) is 5.03. The minimum absolute atomic E-state index is 0.179. The largest absolute Gasteiger partial charge is 0.573 e. The molecule has 0 saturated carbocycles. The fourth-order valence-corrected chi connectivity index (χ4v) is 2.36. The molecule has 20 heavy (non-hydrogen) atoms. The SMILES string of the molecule is CN(Cc1ccc(OC(F)(F)F)cc1)C1C=CCCC1. The van der Waals surface area contributed by atoms with Crippen LogP contribution in [0.1, 0.15) is 24.8 Å². The van der Waals surface area contributed by atoms with Crippen molar-refractivity contribution in [2.24, 2.45) is 0 Å². The number of hydrogen-bond acceptors (Lipinski definition) is 2. The van der Waals surface area contributed by atoms with E-state index < -0.39 is 6.36 Å². The summed E-state index contributed by atoms with van der Waals surface area (Å²) in [6.07, 6.45) is 3.20. The standard InChI is InChI=1S/C15H18F3NO/c1-19(13-5-3-2-4-6-13)11-12-7-9-14(10-8-12)20-15(16,17)18/h3,5,7-10,13H,2,4,6,11H2,1H3. The first-order chi connectivity index (χ1) is 9.44. The van der Waals surface area contributed by atoms with Gasteiger partial charge in [0, 0.05) is 12.6 Å². The second-order valence-electron chi connectivity index (χ2n) is 5.03. The van der Waals surface area contributed by atoms with Gasteiger partial charge in [-0.2, -0.15) is 0 Å². The number of hydrogen-bond donors (Lipinski definition) is 0. The zero-order valence-electron chi connectivity index (χ0n) is 11.4. The van der Waals surface area contributed by atoms with Crippen molar-refractivity contribution in [1.29, 1.82) is 0 Å². The quantitative estimate of drug-likeness (QED) is 0.771. The Labute approximate surface area is 116 Å². The van der Waals surface area contributed by atoms with E-state index in [9.17, 15) is 13.2 Å². The van der Waals surface area contributed by atoms with Crippen molar-refractivity contribution in [2.75, 3.05) is 7.05 Å². The molecule has 1 aliphatic carbocycles. The summed E-state index contributed by atoms with van der Waals surface area (Å²) in [6.45, 7) is 0.710. The summed E-state index contributed by atoms with van der Waals surface area (Å²) in [6, 6.07) is 6.46. The monoisotopic (exact) mass is 285 g/mol. The van der Waals surface area contributed by atoms with Crippen LogP contribution in [0.25, 0.3) is 0 Å². The van der Waals surface area contributed by atoms with E-state index in [1.54, 1.807) is 12.1 Å². The number of likely N-dealkylation sites (N-methyl/N-ethyl adjacent to an activating group) is 1. The van der Waals surface area contributed by atoms with Crippen molar-refractivity contribution < 1.29 is 17.9 Å². The molecule has 0 saturated heterocycles. The maximum Gasteiger partial charge on any atom is 0.573 e. The van der Waals surface area contributed by atoms with Crippen molar-refractivity contribution >= 4 is 0 Å². The summed E-state index contributed by atoms with van der Waals surface area (Å²) in [4.78, 5) is 2.20. The summed E-state index contributed by atoms with van der Waals surface area (Å²) in [5, 5.41) is 0. The maximum atomic E-state index is 12.1. The molecule has 0 aliphatic heterocycles. The fraction of sp³-hybridized carbons (Fsp3) is 0.467. The van der Waals surface area contributed by atoms with E-state index >= 15 is 0 Å². The Morgan fingerprint density at radius 3 is 2.50 bits per heavy atom. The Kier molecular flexibility index (Phi) is 4.70. The van der Waals surface area contributed by atoms with Crippen LogP contribution in [0, 0.1) is 0 Å². The minimum Gasteiger partial charge on any atom is -0.406 e. The Hall–Kier alpha value is -1.49. The molecule has 110 valence electrons. The van der Waals surface area contributed by atoms with Gasteiger partial charge in [-0.05, 0) is 44.0 Å². The van der Waals surface area contributed by atoms with E-state index in [2.05, 4.69) is 21.8 Å². The van der Waals surface area contributed by atoms with Crippen LogP contribution in [0.15, 0.2) is 36.4 Å². The van der Waals surface area contributed by atoms with Gasteiger partial charge in [-0.15, -0.1) is 13.2 Å². The molecule has 2 rings (SSSR count). The molecule has 0 N–H and O–H groups in total. The number of benzene rings is 1. The van der Waals surface area contributed by atoms with Crippen LogP contribution >= 0.6 is 0 Å². The Bertz CT molecular complexity index is 453. The molecule has 2 nitrogen and oxygen atoms in total. The Balaban J connectivity index is 1.93. The van der Waals surface area contributed by atoms with Gasteiger partial charge in [0.1, 0.15) is 5.75 Å². The first kappa shape index (κ1) is 14.9. The lowest BCUT2D eigenvalue weighted by Crippen LogP contribution is -2.30. The summed E-state index contributed by atoms with van der Waals surface area (Å²) in [7, 11) is 2.03. The molecule has 1 aromatic rings. The van der Waals surface area contributed by atoms with Crippen LogP contribution in [0.4, 0.5) is 13.2 Å². The van der Waals surface area contributed by atoms with E-state index in [4.69, 9.17) is 0 Å². The van der Waals surface area contributed by atoms with E-state index in [0.717, 1.165) is 18.4 Å². The van der Waals surface area contributed by atoms with Crippen LogP contribution in [0.2, 0.25) is 0 Å². The van der Waals surface area contributed by atoms with Gasteiger partial charge in [0.15, 0.2) is 0 Å². The third-order valence-corrected chi connectivity index (χ3v) is 3.38. The molecule has 0 aromatic heterocycles. The molecule has 1 atom stereocenters. The van der Waals surface area contributed by atoms with Gasteiger partial charge in [0.05, 0.1) is 0 Å². The zero-order chi connectivity index (χ0) is 14.6. The predicted octanol–water partition coefficient (Wildman–Crippen LogP) is 4.13. The molecule has 5 heteroatoms. The van der Waals surface area contributed by atoms with Crippen LogP contribution in [-0.2, 0) is 6.54 Å². The highest BCUT2D eigenvalue weighted by Gasteiger charge is 2.30. The molecular weight excluding hydrogens is 267 g/mol. The molecule has 0 heterocycles. The van der Waals surface area contributed by atoms with Gasteiger partial charge in [-0.3, -0.25) is 4.90 Å². The highest BCUT2D eigenvalue weighted by molar-refractivity contribution is 5.27. The lowest BCUT2D eigenvalue weighted by Gasteiger charge is -2.27. The van der Waals surface area contributed by atoms with Crippen LogP contribution < -0.4 is 4.74 Å². The van der Waals surface area contributed by atoms with E-state index in [1.165, 1.54) is 18.6 Å². The van der Waals surface area contributed by atoms with Crippen molar-refractivity contribution in [3.63, 3.8) is 0 Å². The molecule has 0 spiro atoms. The van der Waals surface area contributed by atoms with Crippen molar-refractivity contribution in [3.05, 3.63) is 42.0 Å². The molecule has 1 aromatic carbocycles. The summed E-state index contributed by atoms with van der Waals surface area (Å²) in [5.74, 6) is -0.179. The first-order valence-electron chi connectivity index (χ1n) is 6.65. The average molecular weight is 285 g/mol. The van der Waals surface area contributed by atoms with Crippen molar-refractivity contribution in [1.82, 2.24) is 4.90 Å². The highest BCUT2D eigenvalue weighted by atomic mass is 19.4. The minimum atomic E-state index is -4.63. The molecule has 1 unspecified atom stereocenters. The van der Waals surface area contributed by atoms with Crippen LogP contribution in [0.5, 0.6) is 5.75 Å². The van der Waals surface area contributed by atoms with Gasteiger partial charge in [-0.25, -0.2) is 0 Å². The first-order valence-corrected chi connectivity index (χ1v) is 6.65. The van der Waals surface area contributed by atoms with Gasteiger partial charge < -0.3 is 4.74 Å². The molecule has 0 amide bonds. The lowest BCUT2D eigenvalue weighted by atomic mass is 10.0. The van der Waals surface area contributed by atoms with Crippen LogP contribution in [-0.4, -0.2) is 24.4 Å².